The Hall–Kier alpha value is -3.49. The Balaban J connectivity index is 1.81. The fourth-order valence-electron chi connectivity index (χ4n) is 2.38. The molecule has 25 heavy (non-hydrogen) atoms. The van der Waals surface area contributed by atoms with Gasteiger partial charge in [0.25, 0.3) is 5.91 Å². The number of halogens is 1. The number of nitro groups is 1. The lowest BCUT2D eigenvalue weighted by Gasteiger charge is -2.13. The normalized spacial score (nSPS) is 13.5. The van der Waals surface area contributed by atoms with Crippen LogP contribution in [0.5, 0.6) is 0 Å². The monoisotopic (exact) mass is 345 g/mol. The van der Waals surface area contributed by atoms with Crippen LogP contribution in [0.3, 0.4) is 0 Å². The highest BCUT2D eigenvalue weighted by atomic mass is 19.1. The Morgan fingerprint density at radius 3 is 2.76 bits per heavy atom. The van der Waals surface area contributed by atoms with E-state index in [0.29, 0.717) is 12.2 Å². The van der Waals surface area contributed by atoms with Gasteiger partial charge in [0, 0.05) is 23.0 Å². The summed E-state index contributed by atoms with van der Waals surface area (Å²) in [4.78, 5) is 35.2. The number of ether oxygens (including phenoxy) is 1. The van der Waals surface area contributed by atoms with E-state index in [4.69, 9.17) is 4.74 Å². The summed E-state index contributed by atoms with van der Waals surface area (Å²) in [6.45, 7) is 0.655. The third-order valence-corrected chi connectivity index (χ3v) is 3.58. The van der Waals surface area contributed by atoms with Gasteiger partial charge in [-0.1, -0.05) is 6.07 Å². The second-order valence-electron chi connectivity index (χ2n) is 5.19. The van der Waals surface area contributed by atoms with Crippen LogP contribution >= 0.6 is 0 Å². The lowest BCUT2D eigenvalue weighted by atomic mass is 10.1. The summed E-state index contributed by atoms with van der Waals surface area (Å²) >= 11 is 0. The number of nitrogens with zero attached hydrogens (tertiary/aromatic N) is 2. The predicted molar refractivity (Wildman–Crippen MR) is 86.1 cm³/mol. The lowest BCUT2D eigenvalue weighted by Crippen LogP contribution is -2.23. The van der Waals surface area contributed by atoms with Crippen LogP contribution in [0.15, 0.2) is 42.5 Å². The molecule has 1 N–H and O–H groups in total. The molecule has 8 nitrogen and oxygen atoms in total. The van der Waals surface area contributed by atoms with E-state index in [1.54, 1.807) is 12.1 Å². The number of amides is 2. The van der Waals surface area contributed by atoms with E-state index in [9.17, 15) is 24.1 Å². The minimum absolute atomic E-state index is 0.0871. The van der Waals surface area contributed by atoms with Crippen molar-refractivity contribution in [2.75, 3.05) is 23.4 Å². The van der Waals surface area contributed by atoms with E-state index in [1.165, 1.54) is 23.1 Å². The molecule has 2 amide bonds. The first kappa shape index (κ1) is 16.4. The molecule has 0 saturated carbocycles. The molecule has 0 aliphatic carbocycles. The molecule has 2 aromatic rings. The molecule has 3 rings (SSSR count). The van der Waals surface area contributed by atoms with E-state index in [-0.39, 0.29) is 17.9 Å². The molecule has 128 valence electrons. The second-order valence-corrected chi connectivity index (χ2v) is 5.19. The second kappa shape index (κ2) is 6.56. The third-order valence-electron chi connectivity index (χ3n) is 3.58. The van der Waals surface area contributed by atoms with Crippen molar-refractivity contribution in [2.24, 2.45) is 0 Å². The van der Waals surface area contributed by atoms with E-state index >= 15 is 0 Å². The van der Waals surface area contributed by atoms with Gasteiger partial charge in [0.1, 0.15) is 6.61 Å². The molecule has 1 fully saturated rings. The zero-order valence-electron chi connectivity index (χ0n) is 12.8. The van der Waals surface area contributed by atoms with E-state index < -0.39 is 28.4 Å². The summed E-state index contributed by atoms with van der Waals surface area (Å²) in [6, 6.07) is 9.36. The van der Waals surface area contributed by atoms with Gasteiger partial charge in [-0.25, -0.2) is 4.79 Å². The van der Waals surface area contributed by atoms with Crippen molar-refractivity contribution in [3.63, 3.8) is 0 Å². The maximum atomic E-state index is 13.3. The van der Waals surface area contributed by atoms with Crippen molar-refractivity contribution in [1.82, 2.24) is 0 Å². The SMILES string of the molecule is O=C(Nc1ccc(F)c([N+](=O)[O-])c1)c1cccc(N2CCOC2=O)c1. The van der Waals surface area contributed by atoms with Crippen LogP contribution in [0, 0.1) is 15.9 Å². The molecule has 2 aromatic carbocycles. The van der Waals surface area contributed by atoms with Gasteiger partial charge in [-0.3, -0.25) is 19.8 Å². The summed E-state index contributed by atoms with van der Waals surface area (Å²) in [5, 5.41) is 13.2. The van der Waals surface area contributed by atoms with Crippen LogP contribution in [0.4, 0.5) is 26.2 Å². The van der Waals surface area contributed by atoms with Crippen molar-refractivity contribution in [3.8, 4) is 0 Å². The lowest BCUT2D eigenvalue weighted by molar-refractivity contribution is -0.387. The Morgan fingerprint density at radius 1 is 1.28 bits per heavy atom. The molecule has 0 unspecified atom stereocenters. The van der Waals surface area contributed by atoms with E-state index in [2.05, 4.69) is 5.32 Å². The quantitative estimate of drug-likeness (QED) is 0.678. The highest BCUT2D eigenvalue weighted by Gasteiger charge is 2.24. The van der Waals surface area contributed by atoms with E-state index in [0.717, 1.165) is 12.1 Å². The Kier molecular flexibility index (Phi) is 4.29. The minimum Gasteiger partial charge on any atom is -0.447 e. The zero-order valence-corrected chi connectivity index (χ0v) is 12.8. The van der Waals surface area contributed by atoms with Crippen LogP contribution in [0.1, 0.15) is 10.4 Å². The van der Waals surface area contributed by atoms with Gasteiger partial charge in [-0.2, -0.15) is 4.39 Å². The number of anilines is 2. The van der Waals surface area contributed by atoms with Crippen molar-refractivity contribution in [3.05, 3.63) is 64.0 Å². The van der Waals surface area contributed by atoms with Crippen molar-refractivity contribution < 1.29 is 23.6 Å². The highest BCUT2D eigenvalue weighted by Crippen LogP contribution is 2.23. The van der Waals surface area contributed by atoms with Gasteiger partial charge in [0.15, 0.2) is 0 Å². The average Bonchev–Trinajstić information content (AvgIpc) is 3.02. The molecule has 1 aliphatic heterocycles. The van der Waals surface area contributed by atoms with Gasteiger partial charge < -0.3 is 10.1 Å². The molecule has 9 heteroatoms. The number of hydrogen-bond acceptors (Lipinski definition) is 5. The van der Waals surface area contributed by atoms with Crippen LogP contribution in [0.25, 0.3) is 0 Å². The van der Waals surface area contributed by atoms with Crippen LogP contribution in [-0.4, -0.2) is 30.1 Å². The average molecular weight is 345 g/mol. The number of benzene rings is 2. The number of carbonyl (C=O) groups excluding carboxylic acids is 2. The fourth-order valence-corrected chi connectivity index (χ4v) is 2.38. The molecule has 1 aliphatic rings. The molecule has 1 heterocycles. The van der Waals surface area contributed by atoms with E-state index in [1.807, 2.05) is 0 Å². The molecule has 0 atom stereocenters. The molecule has 0 aromatic heterocycles. The van der Waals surface area contributed by atoms with Gasteiger partial charge >= 0.3 is 11.8 Å². The molecule has 0 bridgehead atoms. The largest absolute Gasteiger partial charge is 0.447 e. The maximum absolute atomic E-state index is 13.3. The standard InChI is InChI=1S/C16H12FN3O5/c17-13-5-4-11(9-14(13)20(23)24)18-15(21)10-2-1-3-12(8-10)19-6-7-25-16(19)22/h1-5,8-9H,6-7H2,(H,18,21). The summed E-state index contributed by atoms with van der Waals surface area (Å²) in [7, 11) is 0. The van der Waals surface area contributed by atoms with Crippen LogP contribution in [-0.2, 0) is 4.74 Å². The Morgan fingerprint density at radius 2 is 2.08 bits per heavy atom. The molecular weight excluding hydrogens is 333 g/mol. The maximum Gasteiger partial charge on any atom is 0.414 e. The first-order chi connectivity index (χ1) is 12.0. The third kappa shape index (κ3) is 3.39. The van der Waals surface area contributed by atoms with Gasteiger partial charge in [0.05, 0.1) is 11.5 Å². The first-order valence-electron chi connectivity index (χ1n) is 7.25. The van der Waals surface area contributed by atoms with Gasteiger partial charge in [-0.05, 0) is 30.3 Å². The minimum atomic E-state index is -0.988. The summed E-state index contributed by atoms with van der Waals surface area (Å²) in [5.41, 5.74) is 0.0971. The number of hydrogen-bond donors (Lipinski definition) is 1. The fraction of sp³-hybridized carbons (Fsp3) is 0.125. The van der Waals surface area contributed by atoms with Crippen molar-refractivity contribution in [2.45, 2.75) is 0 Å². The Bertz CT molecular complexity index is 871. The number of carbonyl (C=O) groups is 2. The smallest absolute Gasteiger partial charge is 0.414 e. The van der Waals surface area contributed by atoms with Gasteiger partial charge in [-0.15, -0.1) is 0 Å². The number of nitro benzene ring substituents is 1. The molecule has 0 spiro atoms. The highest BCUT2D eigenvalue weighted by molar-refractivity contribution is 6.05. The number of nitrogens with one attached hydrogen (secondary N) is 1. The Labute approximate surface area is 141 Å². The summed E-state index contributed by atoms with van der Waals surface area (Å²) in [5.74, 6) is -1.53. The van der Waals surface area contributed by atoms with Crippen molar-refractivity contribution in [1.29, 1.82) is 0 Å². The topological polar surface area (TPSA) is 102 Å². The summed E-state index contributed by atoms with van der Waals surface area (Å²) < 4.78 is 18.2. The zero-order chi connectivity index (χ0) is 18.0. The van der Waals surface area contributed by atoms with Crippen molar-refractivity contribution >= 4 is 29.1 Å². The van der Waals surface area contributed by atoms with Crippen LogP contribution in [0.2, 0.25) is 0 Å². The molecule has 1 saturated heterocycles. The molecular formula is C16H12FN3O5. The predicted octanol–water partition coefficient (Wildman–Crippen LogP) is 2.94. The van der Waals surface area contributed by atoms with Crippen LogP contribution < -0.4 is 10.2 Å². The molecule has 0 radical (unpaired) electrons. The number of rotatable bonds is 4. The summed E-state index contributed by atoms with van der Waals surface area (Å²) in [6.07, 6.45) is -0.494. The van der Waals surface area contributed by atoms with Gasteiger partial charge in [0.2, 0.25) is 5.82 Å². The first-order valence-corrected chi connectivity index (χ1v) is 7.25. The number of cyclic esters (lactones) is 1.